The van der Waals surface area contributed by atoms with E-state index in [0.717, 1.165) is 18.6 Å². The molecule has 1 aromatic carbocycles. The highest BCUT2D eigenvalue weighted by atomic mass is 16.5. The standard InChI is InChI=1S/C29H35NO4/c1-5-7-22-23-14-17(3)8-13-21(23)18(4)15-24(22)27(31)26-28(32)25(16-30-29(26)33)19-9-11-20(12-10-19)34-6-2/h5,7,9-12,15-17,21-24H,6,8,13-14H2,1-4H3,(H2,30,32,33)/b7-5+/t17-,21+,22+,23-,24+/m0/s1. The van der Waals surface area contributed by atoms with E-state index in [1.54, 1.807) is 0 Å². The average molecular weight is 462 g/mol. The molecular formula is C29H35NO4. The molecule has 5 atom stereocenters. The number of fused-ring (bicyclic) bond motifs is 1. The van der Waals surface area contributed by atoms with Crippen LogP contribution in [0.25, 0.3) is 11.1 Å². The smallest absolute Gasteiger partial charge is 0.262 e. The number of Topliss-reactive ketones (excluding diaryl/α,β-unsaturated/α-hetero) is 1. The van der Waals surface area contributed by atoms with E-state index in [1.807, 2.05) is 50.3 Å². The lowest BCUT2D eigenvalue weighted by molar-refractivity contribution is 0.0803. The van der Waals surface area contributed by atoms with Crippen molar-refractivity contribution in [1.29, 1.82) is 0 Å². The Hall–Kier alpha value is -3.08. The average Bonchev–Trinajstić information content (AvgIpc) is 2.81. The Morgan fingerprint density at radius 3 is 2.65 bits per heavy atom. The minimum atomic E-state index is -0.554. The molecule has 2 aliphatic rings. The zero-order valence-corrected chi connectivity index (χ0v) is 20.5. The van der Waals surface area contributed by atoms with Gasteiger partial charge in [0.05, 0.1) is 6.61 Å². The molecule has 0 aliphatic heterocycles. The molecule has 5 nitrogen and oxygen atoms in total. The van der Waals surface area contributed by atoms with Crippen molar-refractivity contribution in [2.24, 2.45) is 29.6 Å². The fourth-order valence-corrected chi connectivity index (χ4v) is 5.97. The van der Waals surface area contributed by atoms with Gasteiger partial charge >= 0.3 is 0 Å². The molecule has 1 aromatic heterocycles. The minimum absolute atomic E-state index is 0.0156. The van der Waals surface area contributed by atoms with Crippen molar-refractivity contribution >= 4 is 5.78 Å². The monoisotopic (exact) mass is 461 g/mol. The molecule has 2 aliphatic carbocycles. The highest BCUT2D eigenvalue weighted by molar-refractivity contribution is 6.03. The van der Waals surface area contributed by atoms with Crippen molar-refractivity contribution in [3.05, 3.63) is 70.2 Å². The zero-order chi connectivity index (χ0) is 24.4. The molecule has 1 fully saturated rings. The largest absolute Gasteiger partial charge is 0.506 e. The summed E-state index contributed by atoms with van der Waals surface area (Å²) in [6.45, 7) is 8.84. The van der Waals surface area contributed by atoms with Crippen LogP contribution in [0.5, 0.6) is 11.5 Å². The van der Waals surface area contributed by atoms with E-state index in [1.165, 1.54) is 18.2 Å². The molecule has 0 saturated heterocycles. The summed E-state index contributed by atoms with van der Waals surface area (Å²) in [4.78, 5) is 29.4. The van der Waals surface area contributed by atoms with Gasteiger partial charge in [-0.1, -0.05) is 49.3 Å². The third kappa shape index (κ3) is 4.48. The van der Waals surface area contributed by atoms with Gasteiger partial charge in [-0.2, -0.15) is 0 Å². The lowest BCUT2D eigenvalue weighted by Crippen LogP contribution is -2.40. The van der Waals surface area contributed by atoms with Crippen LogP contribution in [0.1, 0.15) is 57.3 Å². The number of hydrogen-bond acceptors (Lipinski definition) is 4. The van der Waals surface area contributed by atoms with E-state index in [0.29, 0.717) is 35.5 Å². The number of benzene rings is 1. The number of hydrogen-bond donors (Lipinski definition) is 2. The lowest BCUT2D eigenvalue weighted by Gasteiger charge is -2.45. The molecule has 4 rings (SSSR count). The predicted octanol–water partition coefficient (Wildman–Crippen LogP) is 6.15. The summed E-state index contributed by atoms with van der Waals surface area (Å²) in [6.07, 6.45) is 11.1. The van der Waals surface area contributed by atoms with E-state index in [-0.39, 0.29) is 23.0 Å². The number of rotatable bonds is 6. The second-order valence-electron chi connectivity index (χ2n) is 9.80. The SMILES string of the molecule is C/C=C/[C@@H]1[C@H]2C[C@@H](C)CC[C@@H]2C(C)=C[C@H]1C(=O)c1c(O)c(-c2ccc(OCC)cc2)c[nH]c1=O. The van der Waals surface area contributed by atoms with Crippen molar-refractivity contribution in [2.45, 2.75) is 47.0 Å². The van der Waals surface area contributed by atoms with Crippen molar-refractivity contribution in [3.63, 3.8) is 0 Å². The van der Waals surface area contributed by atoms with Gasteiger partial charge in [0, 0.05) is 17.7 Å². The van der Waals surface area contributed by atoms with Crippen LogP contribution in [-0.2, 0) is 0 Å². The van der Waals surface area contributed by atoms with Crippen molar-refractivity contribution in [3.8, 4) is 22.6 Å². The topological polar surface area (TPSA) is 79.4 Å². The Morgan fingerprint density at radius 1 is 1.24 bits per heavy atom. The van der Waals surface area contributed by atoms with E-state index in [2.05, 4.69) is 24.9 Å². The molecule has 180 valence electrons. The van der Waals surface area contributed by atoms with E-state index >= 15 is 0 Å². The summed E-state index contributed by atoms with van der Waals surface area (Å²) in [6, 6.07) is 7.25. The van der Waals surface area contributed by atoms with E-state index in [4.69, 9.17) is 4.74 Å². The summed E-state index contributed by atoms with van der Waals surface area (Å²) in [7, 11) is 0. The first-order valence-electron chi connectivity index (χ1n) is 12.4. The summed E-state index contributed by atoms with van der Waals surface area (Å²) < 4.78 is 5.50. The van der Waals surface area contributed by atoms with E-state index in [9.17, 15) is 14.7 Å². The summed E-state index contributed by atoms with van der Waals surface area (Å²) in [5, 5.41) is 11.1. The summed E-state index contributed by atoms with van der Waals surface area (Å²) >= 11 is 0. The molecule has 1 heterocycles. The molecule has 0 amide bonds. The van der Waals surface area contributed by atoms with Crippen LogP contribution in [0, 0.1) is 29.6 Å². The Kier molecular flexibility index (Phi) is 7.11. The Bertz CT molecular complexity index is 1160. The molecular weight excluding hydrogens is 426 g/mol. The van der Waals surface area contributed by atoms with E-state index < -0.39 is 11.5 Å². The number of H-pyrrole nitrogens is 1. The van der Waals surface area contributed by atoms with Crippen LogP contribution in [0.4, 0.5) is 0 Å². The number of ketones is 1. The molecule has 0 bridgehead atoms. The zero-order valence-electron chi connectivity index (χ0n) is 20.5. The Labute approximate surface area is 201 Å². The quantitative estimate of drug-likeness (QED) is 0.399. The van der Waals surface area contributed by atoms with Gasteiger partial charge in [-0.05, 0) is 75.0 Å². The molecule has 5 heteroatoms. The molecule has 0 radical (unpaired) electrons. The first-order chi connectivity index (χ1) is 16.3. The number of carbonyl (C=O) groups excluding carboxylic acids is 1. The minimum Gasteiger partial charge on any atom is -0.506 e. The Morgan fingerprint density at radius 2 is 1.97 bits per heavy atom. The number of carbonyl (C=O) groups is 1. The van der Waals surface area contributed by atoms with Gasteiger partial charge in [0.25, 0.3) is 5.56 Å². The van der Waals surface area contributed by atoms with Gasteiger partial charge in [-0.15, -0.1) is 0 Å². The number of allylic oxidation sites excluding steroid dienone is 4. The summed E-state index contributed by atoms with van der Waals surface area (Å²) in [5.41, 5.74) is 1.65. The number of aromatic hydroxyl groups is 1. The fourth-order valence-electron chi connectivity index (χ4n) is 5.97. The molecule has 0 spiro atoms. The molecule has 1 saturated carbocycles. The van der Waals surface area contributed by atoms with Crippen LogP contribution >= 0.6 is 0 Å². The lowest BCUT2D eigenvalue weighted by atomic mass is 9.59. The van der Waals surface area contributed by atoms with Crippen LogP contribution in [0.3, 0.4) is 0 Å². The van der Waals surface area contributed by atoms with Crippen molar-refractivity contribution in [2.75, 3.05) is 6.61 Å². The second-order valence-corrected chi connectivity index (χ2v) is 9.80. The van der Waals surface area contributed by atoms with Crippen molar-refractivity contribution < 1.29 is 14.6 Å². The number of aromatic amines is 1. The second kappa shape index (κ2) is 10.0. The molecule has 2 aromatic rings. The number of ether oxygens (including phenoxy) is 1. The number of pyridine rings is 1. The van der Waals surface area contributed by atoms with Gasteiger partial charge in [0.1, 0.15) is 17.1 Å². The first-order valence-corrected chi connectivity index (χ1v) is 12.4. The van der Waals surface area contributed by atoms with Crippen LogP contribution < -0.4 is 10.3 Å². The third-order valence-corrected chi connectivity index (χ3v) is 7.60. The predicted molar refractivity (Wildman–Crippen MR) is 135 cm³/mol. The molecule has 34 heavy (non-hydrogen) atoms. The molecule has 2 N–H and O–H groups in total. The molecule has 0 unspecified atom stereocenters. The highest BCUT2D eigenvalue weighted by Gasteiger charge is 2.43. The normalized spacial score (nSPS) is 26.7. The van der Waals surface area contributed by atoms with Gasteiger partial charge in [0.15, 0.2) is 5.78 Å². The van der Waals surface area contributed by atoms with Crippen LogP contribution in [-0.4, -0.2) is 22.5 Å². The van der Waals surface area contributed by atoms with Gasteiger partial charge in [-0.3, -0.25) is 9.59 Å². The maximum Gasteiger partial charge on any atom is 0.262 e. The fraction of sp³-hybridized carbons (Fsp3) is 0.448. The number of nitrogens with one attached hydrogen (secondary N) is 1. The first kappa shape index (κ1) is 24.1. The van der Waals surface area contributed by atoms with Gasteiger partial charge in [0.2, 0.25) is 0 Å². The van der Waals surface area contributed by atoms with Crippen LogP contribution in [0.15, 0.2) is 59.1 Å². The van der Waals surface area contributed by atoms with Gasteiger partial charge < -0.3 is 14.8 Å². The third-order valence-electron chi connectivity index (χ3n) is 7.60. The highest BCUT2D eigenvalue weighted by Crippen LogP contribution is 2.49. The maximum absolute atomic E-state index is 13.9. The maximum atomic E-state index is 13.9. The number of aromatic nitrogens is 1. The van der Waals surface area contributed by atoms with Gasteiger partial charge in [-0.25, -0.2) is 0 Å². The van der Waals surface area contributed by atoms with Crippen molar-refractivity contribution in [1.82, 2.24) is 4.98 Å². The Balaban J connectivity index is 1.75. The van der Waals surface area contributed by atoms with Crippen LogP contribution in [0.2, 0.25) is 0 Å². The summed E-state index contributed by atoms with van der Waals surface area (Å²) in [5.74, 6) is 1.16.